The fourth-order valence-electron chi connectivity index (χ4n) is 1.52. The summed E-state index contributed by atoms with van der Waals surface area (Å²) in [5, 5.41) is 2.26. The van der Waals surface area contributed by atoms with Crippen molar-refractivity contribution in [3.8, 4) is 0 Å². The first kappa shape index (κ1) is 20.6. The summed E-state index contributed by atoms with van der Waals surface area (Å²) >= 11 is 0. The molecular formula is C12H22NO8P. The summed E-state index contributed by atoms with van der Waals surface area (Å²) in [7, 11) is -1.33. The van der Waals surface area contributed by atoms with Gasteiger partial charge in [-0.2, -0.15) is 0 Å². The lowest BCUT2D eigenvalue weighted by Crippen LogP contribution is -2.44. The molecule has 0 saturated heterocycles. The maximum atomic E-state index is 12.2. The highest BCUT2D eigenvalue weighted by molar-refractivity contribution is 7.54. The molecule has 1 amide bonds. The zero-order chi connectivity index (χ0) is 17.2. The number of esters is 2. The van der Waals surface area contributed by atoms with Crippen LogP contribution in [0.4, 0.5) is 0 Å². The zero-order valence-electron chi connectivity index (χ0n) is 13.1. The topological polar surface area (TPSA) is 117 Å². The van der Waals surface area contributed by atoms with E-state index in [1.54, 1.807) is 13.8 Å². The Morgan fingerprint density at radius 3 is 2.00 bits per heavy atom. The minimum absolute atomic E-state index is 0.104. The molecule has 0 aromatic heterocycles. The van der Waals surface area contributed by atoms with Crippen molar-refractivity contribution in [1.82, 2.24) is 5.32 Å². The van der Waals surface area contributed by atoms with Crippen molar-refractivity contribution in [3.63, 3.8) is 0 Å². The number of rotatable bonds is 10. The van der Waals surface area contributed by atoms with Crippen molar-refractivity contribution in [3.05, 3.63) is 0 Å². The molecule has 0 aromatic carbocycles. The van der Waals surface area contributed by atoms with Crippen LogP contribution in [0.25, 0.3) is 0 Å². The van der Waals surface area contributed by atoms with Crippen LogP contribution in [0.15, 0.2) is 0 Å². The molecule has 0 aliphatic rings. The van der Waals surface area contributed by atoms with E-state index in [1.807, 2.05) is 0 Å². The molecule has 0 heterocycles. The van der Waals surface area contributed by atoms with E-state index in [0.29, 0.717) is 0 Å². The van der Waals surface area contributed by atoms with Crippen LogP contribution < -0.4 is 5.32 Å². The van der Waals surface area contributed by atoms with Crippen LogP contribution in [0.5, 0.6) is 0 Å². The van der Waals surface area contributed by atoms with Gasteiger partial charge in [0, 0.05) is 0 Å². The Kier molecular flexibility index (Phi) is 9.64. The van der Waals surface area contributed by atoms with E-state index in [1.165, 1.54) is 0 Å². The average molecular weight is 339 g/mol. The predicted octanol–water partition coefficient (Wildman–Crippen LogP) is 0.473. The van der Waals surface area contributed by atoms with Crippen molar-refractivity contribution >= 4 is 25.4 Å². The molecular weight excluding hydrogens is 317 g/mol. The Morgan fingerprint density at radius 1 is 1.05 bits per heavy atom. The Hall–Kier alpha value is -1.44. The lowest BCUT2D eigenvalue weighted by Gasteiger charge is -2.19. The summed E-state index contributed by atoms with van der Waals surface area (Å²) in [6, 6.07) is -1.23. The molecule has 0 unspecified atom stereocenters. The van der Waals surface area contributed by atoms with E-state index in [0.717, 1.165) is 14.2 Å². The summed E-state index contributed by atoms with van der Waals surface area (Å²) in [6.07, 6.45) is -0.966. The molecule has 1 N–H and O–H groups in total. The van der Waals surface area contributed by atoms with Gasteiger partial charge in [-0.25, -0.2) is 4.79 Å². The van der Waals surface area contributed by atoms with Crippen molar-refractivity contribution in [1.29, 1.82) is 0 Å². The van der Waals surface area contributed by atoms with Gasteiger partial charge >= 0.3 is 19.5 Å². The molecule has 0 bridgehead atoms. The molecule has 0 fully saturated rings. The highest BCUT2D eigenvalue weighted by Crippen LogP contribution is 2.47. The molecule has 0 radical (unpaired) electrons. The normalized spacial score (nSPS) is 12.4. The molecule has 0 aromatic rings. The molecule has 0 spiro atoms. The van der Waals surface area contributed by atoms with Crippen LogP contribution >= 0.6 is 7.60 Å². The highest BCUT2D eigenvalue weighted by Gasteiger charge is 2.31. The zero-order valence-corrected chi connectivity index (χ0v) is 14.0. The second kappa shape index (κ2) is 10.3. The number of hydrogen-bond donors (Lipinski definition) is 1. The lowest BCUT2D eigenvalue weighted by atomic mass is 10.2. The Balaban J connectivity index is 4.83. The van der Waals surface area contributed by atoms with Gasteiger partial charge in [0.15, 0.2) is 0 Å². The van der Waals surface area contributed by atoms with Crippen molar-refractivity contribution in [2.24, 2.45) is 0 Å². The van der Waals surface area contributed by atoms with Crippen LogP contribution in [0.3, 0.4) is 0 Å². The van der Waals surface area contributed by atoms with E-state index in [9.17, 15) is 18.9 Å². The van der Waals surface area contributed by atoms with E-state index in [4.69, 9.17) is 9.05 Å². The minimum Gasteiger partial charge on any atom is -0.469 e. The molecule has 0 saturated carbocycles. The van der Waals surface area contributed by atoms with E-state index >= 15 is 0 Å². The van der Waals surface area contributed by atoms with Crippen molar-refractivity contribution in [2.45, 2.75) is 26.3 Å². The standard InChI is InChI=1S/C12H22NO8P/c1-5-20-22(17,21-6-2)8-10(14)13-9(12(16)19-4)7-11(15)18-3/h9H,5-8H2,1-4H3,(H,13,14)/t9-/m1/s1. The predicted molar refractivity (Wildman–Crippen MR) is 76.3 cm³/mol. The molecule has 0 aliphatic carbocycles. The van der Waals surface area contributed by atoms with Gasteiger partial charge in [-0.1, -0.05) is 0 Å². The smallest absolute Gasteiger partial charge is 0.340 e. The summed E-state index contributed by atoms with van der Waals surface area (Å²) in [5.74, 6) is -2.28. The second-order valence-electron chi connectivity index (χ2n) is 4.03. The lowest BCUT2D eigenvalue weighted by molar-refractivity contribution is -0.150. The summed E-state index contributed by atoms with van der Waals surface area (Å²) in [4.78, 5) is 34.7. The number of ether oxygens (including phenoxy) is 2. The van der Waals surface area contributed by atoms with E-state index in [2.05, 4.69) is 14.8 Å². The number of amides is 1. The SMILES string of the molecule is CCOP(=O)(CC(=O)N[C@H](CC(=O)OC)C(=O)OC)OCC. The van der Waals surface area contributed by atoms with Crippen molar-refractivity contribution in [2.75, 3.05) is 33.6 Å². The second-order valence-corrected chi connectivity index (χ2v) is 6.08. The van der Waals surface area contributed by atoms with Gasteiger partial charge in [-0.3, -0.25) is 14.2 Å². The van der Waals surface area contributed by atoms with Crippen LogP contribution in [0, 0.1) is 0 Å². The van der Waals surface area contributed by atoms with Gasteiger partial charge in [0.1, 0.15) is 12.2 Å². The number of nitrogens with one attached hydrogen (secondary N) is 1. The molecule has 128 valence electrons. The minimum atomic E-state index is -3.59. The third-order valence-electron chi connectivity index (χ3n) is 2.41. The van der Waals surface area contributed by atoms with Crippen molar-refractivity contribution < 1.29 is 37.5 Å². The van der Waals surface area contributed by atoms with Gasteiger partial charge in [0.25, 0.3) is 0 Å². The number of methoxy groups -OCH3 is 2. The molecule has 10 heteroatoms. The van der Waals surface area contributed by atoms with E-state index < -0.39 is 44.1 Å². The third-order valence-corrected chi connectivity index (χ3v) is 4.39. The van der Waals surface area contributed by atoms with Gasteiger partial charge < -0.3 is 23.8 Å². The Labute approximate surface area is 129 Å². The van der Waals surface area contributed by atoms with Crippen LogP contribution in [-0.2, 0) is 37.5 Å². The molecule has 1 atom stereocenters. The fourth-order valence-corrected chi connectivity index (χ4v) is 3.01. The largest absolute Gasteiger partial charge is 0.469 e. The summed E-state index contributed by atoms with van der Waals surface area (Å²) in [5.41, 5.74) is 0. The summed E-state index contributed by atoms with van der Waals surface area (Å²) < 4.78 is 31.1. The maximum absolute atomic E-state index is 12.2. The fraction of sp³-hybridized carbons (Fsp3) is 0.750. The first-order valence-electron chi connectivity index (χ1n) is 6.64. The average Bonchev–Trinajstić information content (AvgIpc) is 2.45. The van der Waals surface area contributed by atoms with Crippen LogP contribution in [-0.4, -0.2) is 57.5 Å². The van der Waals surface area contributed by atoms with Gasteiger partial charge in [-0.15, -0.1) is 0 Å². The number of carbonyl (C=O) groups is 3. The number of carbonyl (C=O) groups excluding carboxylic acids is 3. The molecule has 22 heavy (non-hydrogen) atoms. The van der Waals surface area contributed by atoms with Gasteiger partial charge in [0.05, 0.1) is 33.9 Å². The number of hydrogen-bond acceptors (Lipinski definition) is 8. The van der Waals surface area contributed by atoms with Gasteiger partial charge in [0.2, 0.25) is 5.91 Å². The van der Waals surface area contributed by atoms with E-state index in [-0.39, 0.29) is 13.2 Å². The molecule has 9 nitrogen and oxygen atoms in total. The first-order chi connectivity index (χ1) is 10.3. The van der Waals surface area contributed by atoms with Crippen LogP contribution in [0.1, 0.15) is 20.3 Å². The molecule has 0 aliphatic heterocycles. The summed E-state index contributed by atoms with van der Waals surface area (Å²) in [6.45, 7) is 3.43. The Bertz CT molecular complexity index is 429. The Morgan fingerprint density at radius 2 is 1.59 bits per heavy atom. The van der Waals surface area contributed by atoms with Crippen LogP contribution in [0.2, 0.25) is 0 Å². The third kappa shape index (κ3) is 7.53. The quantitative estimate of drug-likeness (QED) is 0.451. The maximum Gasteiger partial charge on any atom is 0.340 e. The first-order valence-corrected chi connectivity index (χ1v) is 8.36. The van der Waals surface area contributed by atoms with Gasteiger partial charge in [-0.05, 0) is 13.8 Å². The highest BCUT2D eigenvalue weighted by atomic mass is 31.2. The monoisotopic (exact) mass is 339 g/mol. The molecule has 0 rings (SSSR count).